The van der Waals surface area contributed by atoms with Crippen molar-refractivity contribution in [1.29, 1.82) is 5.26 Å². The van der Waals surface area contributed by atoms with Crippen LogP contribution < -0.4 is 0 Å². The summed E-state index contributed by atoms with van der Waals surface area (Å²) in [6.45, 7) is 6.59. The molecule has 1 rings (SSSR count). The molecule has 0 N–H and O–H groups in total. The summed E-state index contributed by atoms with van der Waals surface area (Å²) in [4.78, 5) is 8.45. The topological polar surface area (TPSA) is 49.6 Å². The number of hydrogen-bond acceptors (Lipinski definition) is 3. The Hall–Kier alpha value is -1.43. The average Bonchev–Trinajstić information content (AvgIpc) is 2.38. The molecule has 1 heterocycles. The molecule has 98 valence electrons. The van der Waals surface area contributed by atoms with Crippen LogP contribution in [0, 0.1) is 11.3 Å². The van der Waals surface area contributed by atoms with Gasteiger partial charge in [0.05, 0.1) is 11.9 Å². The molecule has 0 aliphatic rings. The number of nitrogens with zero attached hydrogens (tertiary/aromatic N) is 3. The highest BCUT2D eigenvalue weighted by atomic mass is 14.8. The van der Waals surface area contributed by atoms with E-state index in [1.165, 1.54) is 38.3 Å². The largest absolute Gasteiger partial charge is 0.260 e. The van der Waals surface area contributed by atoms with Crippen LogP contribution in [0.5, 0.6) is 0 Å². The number of aromatic nitrogens is 2. The molecule has 3 heteroatoms. The molecule has 0 radical (unpaired) electrons. The predicted molar refractivity (Wildman–Crippen MR) is 73.1 cm³/mol. The highest BCUT2D eigenvalue weighted by Crippen LogP contribution is 2.27. The van der Waals surface area contributed by atoms with Gasteiger partial charge in [-0.15, -0.1) is 0 Å². The van der Waals surface area contributed by atoms with Crippen molar-refractivity contribution in [3.63, 3.8) is 0 Å². The first-order chi connectivity index (χ1) is 8.60. The van der Waals surface area contributed by atoms with Crippen LogP contribution >= 0.6 is 0 Å². The van der Waals surface area contributed by atoms with Gasteiger partial charge in [-0.1, -0.05) is 52.9 Å². The number of rotatable bonds is 7. The minimum atomic E-state index is 0.00603. The molecule has 0 aromatic carbocycles. The second kappa shape index (κ2) is 7.10. The molecular formula is C15H23N3. The fourth-order valence-corrected chi connectivity index (χ4v) is 2.04. The molecule has 3 nitrogen and oxygen atoms in total. The van der Waals surface area contributed by atoms with Gasteiger partial charge in [-0.3, -0.25) is 4.98 Å². The van der Waals surface area contributed by atoms with Crippen molar-refractivity contribution in [3.8, 4) is 6.07 Å². The van der Waals surface area contributed by atoms with Gasteiger partial charge in [0, 0.05) is 11.6 Å². The SMILES string of the molecule is CCCCCCCC(C)(C)c1cncc(C#N)n1. The summed E-state index contributed by atoms with van der Waals surface area (Å²) in [5.41, 5.74) is 1.34. The first-order valence-electron chi connectivity index (χ1n) is 6.83. The Bertz CT molecular complexity index is 404. The van der Waals surface area contributed by atoms with Gasteiger partial charge >= 0.3 is 0 Å². The maximum absolute atomic E-state index is 8.85. The van der Waals surface area contributed by atoms with Crippen LogP contribution in [0.3, 0.4) is 0 Å². The molecule has 1 aromatic heterocycles. The zero-order valence-corrected chi connectivity index (χ0v) is 11.7. The van der Waals surface area contributed by atoms with Gasteiger partial charge in [0.2, 0.25) is 0 Å². The maximum atomic E-state index is 8.85. The first-order valence-corrected chi connectivity index (χ1v) is 6.83. The van der Waals surface area contributed by atoms with Gasteiger partial charge in [-0.2, -0.15) is 5.26 Å². The van der Waals surface area contributed by atoms with E-state index in [0.29, 0.717) is 5.69 Å². The number of unbranched alkanes of at least 4 members (excludes halogenated alkanes) is 4. The highest BCUT2D eigenvalue weighted by molar-refractivity contribution is 5.20. The van der Waals surface area contributed by atoms with E-state index in [0.717, 1.165) is 12.1 Å². The molecule has 0 atom stereocenters. The Morgan fingerprint density at radius 3 is 2.56 bits per heavy atom. The van der Waals surface area contributed by atoms with Crippen molar-refractivity contribution in [1.82, 2.24) is 9.97 Å². The van der Waals surface area contributed by atoms with Crippen LogP contribution in [-0.2, 0) is 5.41 Å². The second-order valence-corrected chi connectivity index (χ2v) is 5.45. The Balaban J connectivity index is 2.54. The molecule has 0 unspecified atom stereocenters. The minimum Gasteiger partial charge on any atom is -0.260 e. The summed E-state index contributed by atoms with van der Waals surface area (Å²) in [5, 5.41) is 8.85. The maximum Gasteiger partial charge on any atom is 0.159 e. The molecule has 0 aliphatic heterocycles. The molecular weight excluding hydrogens is 222 g/mol. The highest BCUT2D eigenvalue weighted by Gasteiger charge is 2.22. The van der Waals surface area contributed by atoms with E-state index in [1.807, 2.05) is 6.07 Å². The standard InChI is InChI=1S/C15H23N3/c1-4-5-6-7-8-9-15(2,3)14-12-17-11-13(10-16)18-14/h11-12H,4-9H2,1-3H3. The summed E-state index contributed by atoms with van der Waals surface area (Å²) in [6, 6.07) is 2.05. The van der Waals surface area contributed by atoms with Crippen molar-refractivity contribution >= 4 is 0 Å². The van der Waals surface area contributed by atoms with Crippen LogP contribution in [0.25, 0.3) is 0 Å². The van der Waals surface area contributed by atoms with E-state index >= 15 is 0 Å². The van der Waals surface area contributed by atoms with Crippen LogP contribution in [0.2, 0.25) is 0 Å². The average molecular weight is 245 g/mol. The van der Waals surface area contributed by atoms with Gasteiger partial charge < -0.3 is 0 Å². The van der Waals surface area contributed by atoms with Crippen molar-refractivity contribution in [2.24, 2.45) is 0 Å². The summed E-state index contributed by atoms with van der Waals surface area (Å²) in [7, 11) is 0. The van der Waals surface area contributed by atoms with Gasteiger partial charge in [0.15, 0.2) is 5.69 Å². The molecule has 1 aromatic rings. The van der Waals surface area contributed by atoms with Crippen LogP contribution in [0.1, 0.15) is 70.7 Å². The van der Waals surface area contributed by atoms with Crippen molar-refractivity contribution in [3.05, 3.63) is 23.8 Å². The Labute approximate surface area is 110 Å². The third kappa shape index (κ3) is 4.44. The lowest BCUT2D eigenvalue weighted by molar-refractivity contribution is 0.431. The molecule has 0 fully saturated rings. The Morgan fingerprint density at radius 2 is 1.89 bits per heavy atom. The molecule has 0 spiro atoms. The molecule has 0 amide bonds. The summed E-state index contributed by atoms with van der Waals surface area (Å²) in [5.74, 6) is 0. The van der Waals surface area contributed by atoms with Crippen LogP contribution in [0.4, 0.5) is 0 Å². The second-order valence-electron chi connectivity index (χ2n) is 5.45. The van der Waals surface area contributed by atoms with Gasteiger partial charge in [-0.05, 0) is 6.42 Å². The van der Waals surface area contributed by atoms with Gasteiger partial charge in [0.25, 0.3) is 0 Å². The van der Waals surface area contributed by atoms with E-state index in [2.05, 4.69) is 30.7 Å². The lowest BCUT2D eigenvalue weighted by Gasteiger charge is -2.23. The molecule has 0 saturated heterocycles. The van der Waals surface area contributed by atoms with E-state index in [9.17, 15) is 0 Å². The van der Waals surface area contributed by atoms with Crippen molar-refractivity contribution < 1.29 is 0 Å². The summed E-state index contributed by atoms with van der Waals surface area (Å²) >= 11 is 0. The fraction of sp³-hybridized carbons (Fsp3) is 0.667. The van der Waals surface area contributed by atoms with Crippen molar-refractivity contribution in [2.45, 2.75) is 64.7 Å². The zero-order valence-electron chi connectivity index (χ0n) is 11.7. The van der Waals surface area contributed by atoms with E-state index in [-0.39, 0.29) is 5.41 Å². The van der Waals surface area contributed by atoms with E-state index < -0.39 is 0 Å². The third-order valence-electron chi connectivity index (χ3n) is 3.35. The van der Waals surface area contributed by atoms with Crippen LogP contribution in [-0.4, -0.2) is 9.97 Å². The van der Waals surface area contributed by atoms with E-state index in [1.54, 1.807) is 6.20 Å². The normalized spacial score (nSPS) is 11.2. The first kappa shape index (κ1) is 14.6. The van der Waals surface area contributed by atoms with Crippen molar-refractivity contribution in [2.75, 3.05) is 0 Å². The third-order valence-corrected chi connectivity index (χ3v) is 3.35. The number of hydrogen-bond donors (Lipinski definition) is 0. The minimum absolute atomic E-state index is 0.00603. The Morgan fingerprint density at radius 1 is 1.17 bits per heavy atom. The molecule has 0 aliphatic carbocycles. The lowest BCUT2D eigenvalue weighted by atomic mass is 9.83. The molecule has 0 saturated carbocycles. The molecule has 0 bridgehead atoms. The van der Waals surface area contributed by atoms with Crippen LogP contribution in [0.15, 0.2) is 12.4 Å². The number of nitriles is 1. The quantitative estimate of drug-likeness (QED) is 0.682. The molecule has 18 heavy (non-hydrogen) atoms. The lowest BCUT2D eigenvalue weighted by Crippen LogP contribution is -2.19. The van der Waals surface area contributed by atoms with E-state index in [4.69, 9.17) is 5.26 Å². The predicted octanol–water partition coefficient (Wildman–Crippen LogP) is 3.99. The summed E-state index contributed by atoms with van der Waals surface area (Å²) in [6.07, 6.45) is 10.8. The smallest absolute Gasteiger partial charge is 0.159 e. The zero-order chi connectivity index (χ0) is 13.4. The fourth-order valence-electron chi connectivity index (χ4n) is 2.04. The monoisotopic (exact) mass is 245 g/mol. The van der Waals surface area contributed by atoms with Gasteiger partial charge in [0.1, 0.15) is 6.07 Å². The Kier molecular flexibility index (Phi) is 5.77. The summed E-state index contributed by atoms with van der Waals surface area (Å²) < 4.78 is 0. The van der Waals surface area contributed by atoms with Gasteiger partial charge in [-0.25, -0.2) is 4.98 Å².